The van der Waals surface area contributed by atoms with Crippen LogP contribution in [-0.2, 0) is 12.8 Å². The van der Waals surface area contributed by atoms with Gasteiger partial charge in [0.2, 0.25) is 0 Å². The molecule has 3 aromatic rings. The second-order valence-corrected chi connectivity index (χ2v) is 5.44. The molecule has 0 saturated carbocycles. The average Bonchev–Trinajstić information content (AvgIpc) is 3.15. The molecule has 7 heteroatoms. The molecule has 4 nitrogen and oxygen atoms in total. The van der Waals surface area contributed by atoms with E-state index in [1.165, 1.54) is 12.3 Å². The Morgan fingerprint density at radius 2 is 1.81 bits per heavy atom. The fourth-order valence-corrected chi connectivity index (χ4v) is 2.24. The lowest BCUT2D eigenvalue weighted by molar-refractivity contribution is -0.137. The Labute approximate surface area is 147 Å². The summed E-state index contributed by atoms with van der Waals surface area (Å²) in [6, 6.07) is 14.6. The third-order valence-corrected chi connectivity index (χ3v) is 3.52. The fourth-order valence-electron chi connectivity index (χ4n) is 2.24. The maximum atomic E-state index is 12.7. The lowest BCUT2D eigenvalue weighted by atomic mass is 10.1. The number of hydrogen-bond donors (Lipinski definition) is 1. The van der Waals surface area contributed by atoms with Crippen LogP contribution in [0.1, 0.15) is 21.7 Å². The van der Waals surface area contributed by atoms with Crippen LogP contribution < -0.4 is 10.1 Å². The predicted octanol–water partition coefficient (Wildman–Crippen LogP) is 5.13. The molecule has 0 radical (unpaired) electrons. The number of rotatable bonds is 5. The Kier molecular flexibility index (Phi) is 4.97. The van der Waals surface area contributed by atoms with Gasteiger partial charge >= 0.3 is 6.18 Å². The van der Waals surface area contributed by atoms with E-state index in [0.717, 1.165) is 12.1 Å². The Morgan fingerprint density at radius 1 is 1.04 bits per heavy atom. The molecule has 0 atom stereocenters. The van der Waals surface area contributed by atoms with E-state index in [9.17, 15) is 18.0 Å². The molecule has 1 N–H and O–H groups in total. The minimum atomic E-state index is -4.39. The number of nitrogens with one attached hydrogen (secondary N) is 1. The Balaban J connectivity index is 1.59. The summed E-state index contributed by atoms with van der Waals surface area (Å²) in [6.45, 7) is 0.00201. The SMILES string of the molecule is O=C(Nc1ccc(OCc2cccc(C(F)(F)F)c2)cc1)c1ccco1. The van der Waals surface area contributed by atoms with Gasteiger partial charge < -0.3 is 14.5 Å². The minimum Gasteiger partial charge on any atom is -0.489 e. The van der Waals surface area contributed by atoms with Crippen molar-refractivity contribution in [3.05, 3.63) is 83.8 Å². The fraction of sp³-hybridized carbons (Fsp3) is 0.105. The maximum absolute atomic E-state index is 12.7. The number of hydrogen-bond acceptors (Lipinski definition) is 3. The molecule has 0 spiro atoms. The number of alkyl halides is 3. The number of amides is 1. The van der Waals surface area contributed by atoms with Crippen LogP contribution in [0.2, 0.25) is 0 Å². The van der Waals surface area contributed by atoms with Gasteiger partial charge in [-0.3, -0.25) is 4.79 Å². The van der Waals surface area contributed by atoms with Gasteiger partial charge in [-0.05, 0) is 54.1 Å². The number of halogens is 3. The van der Waals surface area contributed by atoms with Crippen molar-refractivity contribution < 1.29 is 27.1 Å². The molecule has 1 heterocycles. The summed E-state index contributed by atoms with van der Waals surface area (Å²) in [5, 5.41) is 2.66. The second-order valence-electron chi connectivity index (χ2n) is 5.44. The van der Waals surface area contributed by atoms with Crippen LogP contribution in [0.15, 0.2) is 71.3 Å². The second kappa shape index (κ2) is 7.35. The molecular formula is C19H14F3NO3. The molecule has 1 aromatic heterocycles. The average molecular weight is 361 g/mol. The molecule has 3 rings (SSSR count). The van der Waals surface area contributed by atoms with Crippen LogP contribution in [0.3, 0.4) is 0 Å². The van der Waals surface area contributed by atoms with Crippen LogP contribution in [0.25, 0.3) is 0 Å². The molecule has 0 aliphatic heterocycles. The summed E-state index contributed by atoms with van der Waals surface area (Å²) in [5.41, 5.74) is 0.238. The third-order valence-electron chi connectivity index (χ3n) is 3.52. The summed E-state index contributed by atoms with van der Waals surface area (Å²) >= 11 is 0. The van der Waals surface area contributed by atoms with Crippen molar-refractivity contribution in [3.63, 3.8) is 0 Å². The van der Waals surface area contributed by atoms with E-state index < -0.39 is 11.7 Å². The lowest BCUT2D eigenvalue weighted by Gasteiger charge is -2.10. The molecule has 0 fully saturated rings. The molecule has 2 aromatic carbocycles. The van der Waals surface area contributed by atoms with Crippen molar-refractivity contribution >= 4 is 11.6 Å². The Morgan fingerprint density at radius 3 is 2.46 bits per heavy atom. The number of benzene rings is 2. The van der Waals surface area contributed by atoms with Gasteiger partial charge in [0.1, 0.15) is 12.4 Å². The lowest BCUT2D eigenvalue weighted by Crippen LogP contribution is -2.10. The minimum absolute atomic E-state index is 0.00201. The van der Waals surface area contributed by atoms with E-state index in [-0.39, 0.29) is 18.3 Å². The van der Waals surface area contributed by atoms with E-state index >= 15 is 0 Å². The van der Waals surface area contributed by atoms with Gasteiger partial charge in [0.15, 0.2) is 5.76 Å². The van der Waals surface area contributed by atoms with E-state index in [4.69, 9.17) is 9.15 Å². The van der Waals surface area contributed by atoms with Gasteiger partial charge in [0.25, 0.3) is 5.91 Å². The zero-order chi connectivity index (χ0) is 18.6. The first-order valence-corrected chi connectivity index (χ1v) is 7.66. The van der Waals surface area contributed by atoms with Gasteiger partial charge in [-0.2, -0.15) is 13.2 Å². The normalized spacial score (nSPS) is 11.2. The molecule has 0 aliphatic rings. The number of furan rings is 1. The quantitative estimate of drug-likeness (QED) is 0.685. The molecule has 134 valence electrons. The van der Waals surface area contributed by atoms with Crippen molar-refractivity contribution in [1.82, 2.24) is 0 Å². The molecule has 0 aliphatic carbocycles. The van der Waals surface area contributed by atoms with E-state index in [1.54, 1.807) is 42.5 Å². The largest absolute Gasteiger partial charge is 0.489 e. The van der Waals surface area contributed by atoms with Gasteiger partial charge in [-0.1, -0.05) is 12.1 Å². The summed E-state index contributed by atoms with van der Waals surface area (Å²) in [4.78, 5) is 11.9. The van der Waals surface area contributed by atoms with Crippen molar-refractivity contribution in [2.24, 2.45) is 0 Å². The van der Waals surface area contributed by atoms with E-state index in [2.05, 4.69) is 5.32 Å². The standard InChI is InChI=1S/C19H14F3NO3/c20-19(21,22)14-4-1-3-13(11-14)12-26-16-8-6-15(7-9-16)23-18(24)17-5-2-10-25-17/h1-11H,12H2,(H,23,24). The first-order chi connectivity index (χ1) is 12.4. The van der Waals surface area contributed by atoms with Crippen LogP contribution in [0.5, 0.6) is 5.75 Å². The number of anilines is 1. The summed E-state index contributed by atoms with van der Waals surface area (Å²) in [6.07, 6.45) is -2.98. The third kappa shape index (κ3) is 4.44. The van der Waals surface area contributed by atoms with Crippen molar-refractivity contribution in [2.75, 3.05) is 5.32 Å². The molecule has 26 heavy (non-hydrogen) atoms. The summed E-state index contributed by atoms with van der Waals surface area (Å²) in [7, 11) is 0. The van der Waals surface area contributed by atoms with E-state index in [0.29, 0.717) is 17.0 Å². The molecule has 0 unspecified atom stereocenters. The first-order valence-electron chi connectivity index (χ1n) is 7.66. The van der Waals surface area contributed by atoms with Gasteiger partial charge in [0, 0.05) is 5.69 Å². The number of ether oxygens (including phenoxy) is 1. The van der Waals surface area contributed by atoms with Crippen LogP contribution >= 0.6 is 0 Å². The highest BCUT2D eigenvalue weighted by atomic mass is 19.4. The Hall–Kier alpha value is -3.22. The summed E-state index contributed by atoms with van der Waals surface area (Å²) in [5.74, 6) is 0.279. The molecule has 1 amide bonds. The molecule has 0 saturated heterocycles. The van der Waals surface area contributed by atoms with Crippen LogP contribution in [-0.4, -0.2) is 5.91 Å². The highest BCUT2D eigenvalue weighted by Gasteiger charge is 2.30. The zero-order valence-electron chi connectivity index (χ0n) is 13.4. The first kappa shape index (κ1) is 17.6. The van der Waals surface area contributed by atoms with Crippen molar-refractivity contribution in [1.29, 1.82) is 0 Å². The molecule has 0 bridgehead atoms. The van der Waals surface area contributed by atoms with Gasteiger partial charge in [0.05, 0.1) is 11.8 Å². The molecular weight excluding hydrogens is 347 g/mol. The van der Waals surface area contributed by atoms with Crippen LogP contribution in [0, 0.1) is 0 Å². The van der Waals surface area contributed by atoms with Gasteiger partial charge in [-0.25, -0.2) is 0 Å². The topological polar surface area (TPSA) is 51.5 Å². The number of carbonyl (C=O) groups excluding carboxylic acids is 1. The van der Waals surface area contributed by atoms with Crippen LogP contribution in [0.4, 0.5) is 18.9 Å². The maximum Gasteiger partial charge on any atom is 0.416 e. The predicted molar refractivity (Wildman–Crippen MR) is 88.9 cm³/mol. The zero-order valence-corrected chi connectivity index (χ0v) is 13.4. The Bertz CT molecular complexity index is 872. The van der Waals surface area contributed by atoms with Gasteiger partial charge in [-0.15, -0.1) is 0 Å². The smallest absolute Gasteiger partial charge is 0.416 e. The summed E-state index contributed by atoms with van der Waals surface area (Å²) < 4.78 is 48.6. The van der Waals surface area contributed by atoms with E-state index in [1.807, 2.05) is 0 Å². The van der Waals surface area contributed by atoms with Crippen molar-refractivity contribution in [2.45, 2.75) is 12.8 Å². The number of carbonyl (C=O) groups is 1. The van der Waals surface area contributed by atoms with Crippen molar-refractivity contribution in [3.8, 4) is 5.75 Å². The monoisotopic (exact) mass is 361 g/mol. The highest BCUT2D eigenvalue weighted by Crippen LogP contribution is 2.29. The highest BCUT2D eigenvalue weighted by molar-refractivity contribution is 6.02.